The first kappa shape index (κ1) is 30.5. The van der Waals surface area contributed by atoms with Crippen LogP contribution in [0.15, 0.2) is 54.7 Å². The zero-order valence-electron chi connectivity index (χ0n) is 23.2. The number of hydrogen-bond donors (Lipinski definition) is 4. The summed E-state index contributed by atoms with van der Waals surface area (Å²) in [6.45, 7) is 2.76. The predicted molar refractivity (Wildman–Crippen MR) is 151 cm³/mol. The van der Waals surface area contributed by atoms with E-state index in [1.807, 2.05) is 43.3 Å². The van der Waals surface area contributed by atoms with Gasteiger partial charge in [0, 0.05) is 62.3 Å². The first-order chi connectivity index (χ1) is 20.1. The Kier molecular flexibility index (Phi) is 10.1. The van der Waals surface area contributed by atoms with Crippen LogP contribution in [0.4, 0.5) is 24.5 Å². The summed E-state index contributed by atoms with van der Waals surface area (Å²) in [5, 5.41) is 14.3. The molecule has 42 heavy (non-hydrogen) atoms. The molecule has 4 rings (SSSR count). The maximum atomic E-state index is 14.0. The number of likely N-dealkylation sites (N-methyl/N-ethyl adjacent to an activating group) is 1. The zero-order valence-corrected chi connectivity index (χ0v) is 23.2. The third kappa shape index (κ3) is 8.27. The lowest BCUT2D eigenvalue weighted by molar-refractivity contribution is -0.111. The van der Waals surface area contributed by atoms with E-state index in [4.69, 9.17) is 0 Å². The lowest BCUT2D eigenvalue weighted by Gasteiger charge is -2.32. The molecule has 0 atom stereocenters. The van der Waals surface area contributed by atoms with E-state index in [9.17, 15) is 27.6 Å². The minimum Gasteiger partial charge on any atom is -0.348 e. The topological polar surface area (TPSA) is 122 Å². The summed E-state index contributed by atoms with van der Waals surface area (Å²) in [4.78, 5) is 41.7. The van der Waals surface area contributed by atoms with Gasteiger partial charge in [-0.25, -0.2) is 13.2 Å². The van der Waals surface area contributed by atoms with Crippen LogP contribution in [0.5, 0.6) is 0 Å². The fourth-order valence-electron chi connectivity index (χ4n) is 4.55. The second-order valence-electron chi connectivity index (χ2n) is 10.2. The maximum Gasteiger partial charge on any atom is 0.274 e. The highest BCUT2D eigenvalue weighted by Gasteiger charge is 2.26. The Morgan fingerprint density at radius 3 is 2.45 bits per heavy atom. The van der Waals surface area contributed by atoms with E-state index in [2.05, 4.69) is 31.0 Å². The van der Waals surface area contributed by atoms with Gasteiger partial charge in [-0.15, -0.1) is 0 Å². The van der Waals surface area contributed by atoms with Crippen LogP contribution in [-0.4, -0.2) is 77.5 Å². The molecule has 1 fully saturated rings. The summed E-state index contributed by atoms with van der Waals surface area (Å²) in [5.41, 5.74) is 0.558. The van der Waals surface area contributed by atoms with Crippen LogP contribution in [-0.2, 0) is 11.3 Å². The molecule has 0 spiro atoms. The number of carbonyl (C=O) groups is 3. The van der Waals surface area contributed by atoms with Crippen molar-refractivity contribution in [2.75, 3.05) is 44.4 Å². The molecule has 0 saturated carbocycles. The number of amides is 3. The van der Waals surface area contributed by atoms with Gasteiger partial charge >= 0.3 is 0 Å². The Morgan fingerprint density at radius 2 is 1.76 bits per heavy atom. The van der Waals surface area contributed by atoms with Crippen LogP contribution in [0, 0.1) is 17.5 Å². The predicted octanol–water partition coefficient (Wildman–Crippen LogP) is 3.53. The Morgan fingerprint density at radius 1 is 1.05 bits per heavy atom. The number of benzene rings is 2. The lowest BCUT2D eigenvalue weighted by Crippen LogP contribution is -2.44. The zero-order chi connectivity index (χ0) is 30.2. The molecule has 222 valence electrons. The normalized spacial score (nSPS) is 14.3. The van der Waals surface area contributed by atoms with Gasteiger partial charge in [0.25, 0.3) is 11.8 Å². The van der Waals surface area contributed by atoms with E-state index in [-0.39, 0.29) is 23.3 Å². The summed E-state index contributed by atoms with van der Waals surface area (Å²) >= 11 is 0. The number of halogens is 3. The SMILES string of the molecule is CN(C)C/C=C/C(=O)Nc1cccc(CN2CCC(NC(=O)c3n[nH]cc3NC(=O)c3c(F)cc(F)cc3F)CC2)c1. The van der Waals surface area contributed by atoms with Crippen LogP contribution in [0.25, 0.3) is 0 Å². The number of aromatic amines is 1. The number of carbonyl (C=O) groups excluding carboxylic acids is 3. The fourth-order valence-corrected chi connectivity index (χ4v) is 4.55. The molecule has 4 N–H and O–H groups in total. The second-order valence-corrected chi connectivity index (χ2v) is 10.2. The summed E-state index contributed by atoms with van der Waals surface area (Å²) in [5.74, 6) is -5.82. The van der Waals surface area contributed by atoms with Crippen LogP contribution in [0.3, 0.4) is 0 Å². The molecule has 0 unspecified atom stereocenters. The van der Waals surface area contributed by atoms with Crippen LogP contribution in [0.2, 0.25) is 0 Å². The molecule has 2 aromatic carbocycles. The molecule has 0 aliphatic carbocycles. The van der Waals surface area contributed by atoms with Gasteiger partial charge in [0.05, 0.1) is 5.69 Å². The van der Waals surface area contributed by atoms with Gasteiger partial charge < -0.3 is 20.9 Å². The molecule has 1 aliphatic heterocycles. The van der Waals surface area contributed by atoms with Crippen LogP contribution in [0.1, 0.15) is 39.3 Å². The standard InChI is InChI=1S/C29H32F3N7O3/c1-38(2)10-4-7-25(40)34-21-6-3-5-18(13-21)17-39-11-8-20(9-12-39)35-29(42)27-24(16-33-37-27)36-28(41)26-22(31)14-19(30)15-23(26)32/h3-7,13-16,20H,8-12,17H2,1-2H3,(H,33,37)(H,34,40)(H,35,42)(H,36,41)/b7-4+. The number of anilines is 2. The van der Waals surface area contributed by atoms with Crippen molar-refractivity contribution in [2.24, 2.45) is 0 Å². The third-order valence-corrected chi connectivity index (χ3v) is 6.60. The van der Waals surface area contributed by atoms with Gasteiger partial charge in [-0.1, -0.05) is 18.2 Å². The van der Waals surface area contributed by atoms with Crippen molar-refractivity contribution >= 4 is 29.1 Å². The molecule has 10 nitrogen and oxygen atoms in total. The molecule has 3 aromatic rings. The van der Waals surface area contributed by atoms with E-state index < -0.39 is 34.8 Å². The second kappa shape index (κ2) is 13.9. The molecular formula is C29H32F3N7O3. The first-order valence-corrected chi connectivity index (χ1v) is 13.3. The number of aromatic nitrogens is 2. The Bertz CT molecular complexity index is 1440. The van der Waals surface area contributed by atoms with Gasteiger partial charge in [0.15, 0.2) is 5.69 Å². The number of piperidine rings is 1. The molecule has 1 aliphatic rings. The summed E-state index contributed by atoms with van der Waals surface area (Å²) in [7, 11) is 3.85. The lowest BCUT2D eigenvalue weighted by atomic mass is 10.0. The molecule has 0 radical (unpaired) electrons. The van der Waals surface area contributed by atoms with E-state index >= 15 is 0 Å². The van der Waals surface area contributed by atoms with Crippen molar-refractivity contribution < 1.29 is 27.6 Å². The van der Waals surface area contributed by atoms with Crippen molar-refractivity contribution in [1.29, 1.82) is 0 Å². The Hall–Kier alpha value is -4.49. The molecule has 13 heteroatoms. The van der Waals surface area contributed by atoms with Crippen LogP contribution >= 0.6 is 0 Å². The highest BCUT2D eigenvalue weighted by molar-refractivity contribution is 6.08. The summed E-state index contributed by atoms with van der Waals surface area (Å²) < 4.78 is 41.2. The van der Waals surface area contributed by atoms with Gasteiger partial charge in [-0.3, -0.25) is 24.4 Å². The minimum absolute atomic E-state index is 0.0711. The van der Waals surface area contributed by atoms with Gasteiger partial charge in [-0.05, 0) is 44.6 Å². The third-order valence-electron chi connectivity index (χ3n) is 6.60. The van der Waals surface area contributed by atoms with Gasteiger partial charge in [0.2, 0.25) is 5.91 Å². The average Bonchev–Trinajstić information content (AvgIpc) is 3.37. The number of likely N-dealkylation sites (tertiary alicyclic amines) is 1. The fraction of sp³-hybridized carbons (Fsp3) is 0.310. The molecule has 2 heterocycles. The maximum absolute atomic E-state index is 14.0. The number of nitrogens with one attached hydrogen (secondary N) is 4. The largest absolute Gasteiger partial charge is 0.348 e. The minimum atomic E-state index is -1.37. The first-order valence-electron chi connectivity index (χ1n) is 13.3. The number of nitrogens with zero attached hydrogens (tertiary/aromatic N) is 3. The van der Waals surface area contributed by atoms with E-state index in [1.165, 1.54) is 12.3 Å². The molecule has 1 saturated heterocycles. The van der Waals surface area contributed by atoms with Crippen molar-refractivity contribution in [3.63, 3.8) is 0 Å². The molecule has 0 bridgehead atoms. The van der Waals surface area contributed by atoms with E-state index in [0.29, 0.717) is 56.8 Å². The molecule has 3 amide bonds. The van der Waals surface area contributed by atoms with E-state index in [0.717, 1.165) is 5.56 Å². The highest BCUT2D eigenvalue weighted by Crippen LogP contribution is 2.20. The van der Waals surface area contributed by atoms with Crippen LogP contribution < -0.4 is 16.0 Å². The average molecular weight is 584 g/mol. The van der Waals surface area contributed by atoms with Gasteiger partial charge in [-0.2, -0.15) is 5.10 Å². The number of rotatable bonds is 10. The molecular weight excluding hydrogens is 551 g/mol. The van der Waals surface area contributed by atoms with Crippen molar-refractivity contribution in [3.8, 4) is 0 Å². The summed E-state index contributed by atoms with van der Waals surface area (Å²) in [6, 6.07) is 8.29. The quantitative estimate of drug-likeness (QED) is 0.271. The Balaban J connectivity index is 1.27. The van der Waals surface area contributed by atoms with Gasteiger partial charge in [0.1, 0.15) is 23.0 Å². The monoisotopic (exact) mass is 583 g/mol. The summed E-state index contributed by atoms with van der Waals surface area (Å²) in [6.07, 6.45) is 5.84. The van der Waals surface area contributed by atoms with Crippen molar-refractivity contribution in [2.45, 2.75) is 25.4 Å². The van der Waals surface area contributed by atoms with E-state index in [1.54, 1.807) is 6.08 Å². The number of H-pyrrole nitrogens is 1. The highest BCUT2D eigenvalue weighted by atomic mass is 19.1. The molecule has 1 aromatic heterocycles. The number of hydrogen-bond acceptors (Lipinski definition) is 6. The Labute approximate surface area is 241 Å². The van der Waals surface area contributed by atoms with Crippen molar-refractivity contribution in [3.05, 3.63) is 89.0 Å². The smallest absolute Gasteiger partial charge is 0.274 e. The van der Waals surface area contributed by atoms with Crippen molar-refractivity contribution in [1.82, 2.24) is 25.3 Å².